The summed E-state index contributed by atoms with van der Waals surface area (Å²) < 4.78 is 5.24. The van der Waals surface area contributed by atoms with Gasteiger partial charge < -0.3 is 4.74 Å². The first-order valence-electron chi connectivity index (χ1n) is 7.19. The quantitative estimate of drug-likeness (QED) is 0.518. The second kappa shape index (κ2) is 6.72. The van der Waals surface area contributed by atoms with Gasteiger partial charge in [0.25, 0.3) is 0 Å². The van der Waals surface area contributed by atoms with Crippen LogP contribution in [-0.4, -0.2) is 5.97 Å². The predicted molar refractivity (Wildman–Crippen MR) is 89.2 cm³/mol. The van der Waals surface area contributed by atoms with Crippen molar-refractivity contribution in [2.75, 3.05) is 0 Å². The summed E-state index contributed by atoms with van der Waals surface area (Å²) in [5.74, 6) is -0.336. The average molecular weight is 288 g/mol. The SMILES string of the molecule is O=C(/C=C/c1cccc2ccccc12)OCc1ccccc1. The van der Waals surface area contributed by atoms with E-state index in [-0.39, 0.29) is 5.97 Å². The highest BCUT2D eigenvalue weighted by atomic mass is 16.5. The maximum Gasteiger partial charge on any atom is 0.331 e. The van der Waals surface area contributed by atoms with Crippen molar-refractivity contribution in [2.45, 2.75) is 6.61 Å². The first kappa shape index (κ1) is 14.1. The molecule has 0 aliphatic rings. The van der Waals surface area contributed by atoms with Crippen molar-refractivity contribution in [2.24, 2.45) is 0 Å². The van der Waals surface area contributed by atoms with E-state index < -0.39 is 0 Å². The molecule has 0 N–H and O–H groups in total. The fourth-order valence-corrected chi connectivity index (χ4v) is 2.33. The lowest BCUT2D eigenvalue weighted by atomic mass is 10.0. The van der Waals surface area contributed by atoms with E-state index >= 15 is 0 Å². The van der Waals surface area contributed by atoms with Crippen molar-refractivity contribution in [3.8, 4) is 0 Å². The zero-order valence-corrected chi connectivity index (χ0v) is 12.1. The van der Waals surface area contributed by atoms with Crippen molar-refractivity contribution >= 4 is 22.8 Å². The Morgan fingerprint density at radius 1 is 0.864 bits per heavy atom. The van der Waals surface area contributed by atoms with Crippen LogP contribution in [0, 0.1) is 0 Å². The molecule has 0 aliphatic carbocycles. The molecule has 0 saturated carbocycles. The second-order valence-electron chi connectivity index (χ2n) is 5.00. The summed E-state index contributed by atoms with van der Waals surface area (Å²) in [6, 6.07) is 23.8. The fraction of sp³-hybridized carbons (Fsp3) is 0.0500. The highest BCUT2D eigenvalue weighted by Crippen LogP contribution is 2.19. The molecule has 108 valence electrons. The maximum absolute atomic E-state index is 11.8. The number of fused-ring (bicyclic) bond motifs is 1. The fourth-order valence-electron chi connectivity index (χ4n) is 2.33. The molecule has 0 radical (unpaired) electrons. The van der Waals surface area contributed by atoms with Crippen LogP contribution in [-0.2, 0) is 16.1 Å². The van der Waals surface area contributed by atoms with Crippen LogP contribution in [0.5, 0.6) is 0 Å². The van der Waals surface area contributed by atoms with E-state index in [4.69, 9.17) is 4.74 Å². The Labute approximate surface area is 129 Å². The predicted octanol–water partition coefficient (Wildman–Crippen LogP) is 4.60. The lowest BCUT2D eigenvalue weighted by molar-refractivity contribution is -0.138. The summed E-state index contributed by atoms with van der Waals surface area (Å²) in [6.07, 6.45) is 3.28. The lowest BCUT2D eigenvalue weighted by Crippen LogP contribution is -2.00. The van der Waals surface area contributed by atoms with Gasteiger partial charge in [-0.25, -0.2) is 4.79 Å². The van der Waals surface area contributed by atoms with E-state index in [1.165, 1.54) is 6.08 Å². The van der Waals surface area contributed by atoms with Gasteiger partial charge in [0.15, 0.2) is 0 Å². The Bertz CT molecular complexity index is 799. The van der Waals surface area contributed by atoms with E-state index in [1.54, 1.807) is 6.08 Å². The summed E-state index contributed by atoms with van der Waals surface area (Å²) in [5.41, 5.74) is 1.99. The molecule has 3 rings (SSSR count). The third-order valence-corrected chi connectivity index (χ3v) is 3.45. The summed E-state index contributed by atoms with van der Waals surface area (Å²) in [5, 5.41) is 2.28. The molecule has 2 nitrogen and oxygen atoms in total. The highest BCUT2D eigenvalue weighted by molar-refractivity contribution is 5.94. The average Bonchev–Trinajstić information content (AvgIpc) is 2.59. The van der Waals surface area contributed by atoms with E-state index in [1.807, 2.05) is 60.7 Å². The molecule has 0 heterocycles. The van der Waals surface area contributed by atoms with Crippen LogP contribution in [0.1, 0.15) is 11.1 Å². The molecule has 0 spiro atoms. The van der Waals surface area contributed by atoms with Crippen LogP contribution in [0.2, 0.25) is 0 Å². The van der Waals surface area contributed by atoms with E-state index in [2.05, 4.69) is 12.1 Å². The number of esters is 1. The summed E-state index contributed by atoms with van der Waals surface area (Å²) in [4.78, 5) is 11.8. The van der Waals surface area contributed by atoms with Gasteiger partial charge in [0.2, 0.25) is 0 Å². The van der Waals surface area contributed by atoms with Crippen molar-refractivity contribution < 1.29 is 9.53 Å². The van der Waals surface area contributed by atoms with Crippen LogP contribution in [0.4, 0.5) is 0 Å². The van der Waals surface area contributed by atoms with Gasteiger partial charge >= 0.3 is 5.97 Å². The van der Waals surface area contributed by atoms with E-state index in [0.29, 0.717) is 6.61 Å². The largest absolute Gasteiger partial charge is 0.458 e. The van der Waals surface area contributed by atoms with Crippen LogP contribution in [0.25, 0.3) is 16.8 Å². The van der Waals surface area contributed by atoms with Gasteiger partial charge in [-0.1, -0.05) is 72.8 Å². The number of hydrogen-bond donors (Lipinski definition) is 0. The van der Waals surface area contributed by atoms with Crippen molar-refractivity contribution in [3.63, 3.8) is 0 Å². The Balaban J connectivity index is 1.69. The molecule has 0 saturated heterocycles. The molecule has 2 heteroatoms. The molecule has 0 aromatic heterocycles. The Hall–Kier alpha value is -2.87. The smallest absolute Gasteiger partial charge is 0.331 e. The molecule has 0 unspecified atom stereocenters. The molecule has 3 aromatic carbocycles. The molecule has 22 heavy (non-hydrogen) atoms. The topological polar surface area (TPSA) is 26.3 Å². The number of carbonyl (C=O) groups is 1. The number of ether oxygens (including phenoxy) is 1. The minimum Gasteiger partial charge on any atom is -0.458 e. The normalized spacial score (nSPS) is 10.9. The zero-order chi connectivity index (χ0) is 15.2. The molecule has 3 aromatic rings. The van der Waals surface area contributed by atoms with Crippen LogP contribution < -0.4 is 0 Å². The Morgan fingerprint density at radius 3 is 2.45 bits per heavy atom. The van der Waals surface area contributed by atoms with Gasteiger partial charge in [0.1, 0.15) is 6.61 Å². The van der Waals surface area contributed by atoms with Crippen LogP contribution >= 0.6 is 0 Å². The second-order valence-corrected chi connectivity index (χ2v) is 5.00. The standard InChI is InChI=1S/C20H16O2/c21-20(22-15-16-7-2-1-3-8-16)14-13-18-11-6-10-17-9-4-5-12-19(17)18/h1-14H,15H2/b14-13+. The molecular formula is C20H16O2. The molecule has 0 aliphatic heterocycles. The van der Waals surface area contributed by atoms with Gasteiger partial charge in [-0.15, -0.1) is 0 Å². The van der Waals surface area contributed by atoms with E-state index in [0.717, 1.165) is 21.9 Å². The lowest BCUT2D eigenvalue weighted by Gasteiger charge is -2.03. The first-order valence-corrected chi connectivity index (χ1v) is 7.19. The van der Waals surface area contributed by atoms with Gasteiger partial charge in [-0.3, -0.25) is 0 Å². The zero-order valence-electron chi connectivity index (χ0n) is 12.1. The van der Waals surface area contributed by atoms with Crippen LogP contribution in [0.15, 0.2) is 78.9 Å². The number of carbonyl (C=O) groups excluding carboxylic acids is 1. The van der Waals surface area contributed by atoms with E-state index in [9.17, 15) is 4.79 Å². The van der Waals surface area contributed by atoms with Gasteiger partial charge in [0.05, 0.1) is 0 Å². The van der Waals surface area contributed by atoms with Gasteiger partial charge in [-0.2, -0.15) is 0 Å². The number of hydrogen-bond acceptors (Lipinski definition) is 2. The molecule has 0 bridgehead atoms. The number of rotatable bonds is 4. The molecular weight excluding hydrogens is 272 g/mol. The minimum atomic E-state index is -0.336. The van der Waals surface area contributed by atoms with Crippen molar-refractivity contribution in [1.82, 2.24) is 0 Å². The number of benzene rings is 3. The molecule has 0 amide bonds. The van der Waals surface area contributed by atoms with Gasteiger partial charge in [0, 0.05) is 6.08 Å². The summed E-state index contributed by atoms with van der Waals surface area (Å²) in [7, 11) is 0. The molecule has 0 atom stereocenters. The minimum absolute atomic E-state index is 0.291. The monoisotopic (exact) mass is 288 g/mol. The van der Waals surface area contributed by atoms with Crippen molar-refractivity contribution in [3.05, 3.63) is 90.0 Å². The summed E-state index contributed by atoms with van der Waals surface area (Å²) in [6.45, 7) is 0.291. The third-order valence-electron chi connectivity index (χ3n) is 3.45. The van der Waals surface area contributed by atoms with Crippen molar-refractivity contribution in [1.29, 1.82) is 0 Å². The third kappa shape index (κ3) is 3.41. The molecule has 0 fully saturated rings. The van der Waals surface area contributed by atoms with Crippen LogP contribution in [0.3, 0.4) is 0 Å². The summed E-state index contributed by atoms with van der Waals surface area (Å²) >= 11 is 0. The van der Waals surface area contributed by atoms with Gasteiger partial charge in [-0.05, 0) is 28.0 Å². The Morgan fingerprint density at radius 2 is 1.59 bits per heavy atom. The maximum atomic E-state index is 11.8. The Kier molecular flexibility index (Phi) is 4.30. The highest BCUT2D eigenvalue weighted by Gasteiger charge is 2.00. The first-order chi connectivity index (χ1) is 10.8.